The van der Waals surface area contributed by atoms with Crippen molar-refractivity contribution in [3.05, 3.63) is 11.6 Å². The van der Waals surface area contributed by atoms with Crippen molar-refractivity contribution in [1.29, 1.82) is 5.26 Å². The van der Waals surface area contributed by atoms with Gasteiger partial charge in [-0.15, -0.1) is 11.8 Å². The van der Waals surface area contributed by atoms with E-state index >= 15 is 0 Å². The first kappa shape index (κ1) is 32.4. The van der Waals surface area contributed by atoms with Crippen LogP contribution in [0, 0.1) is 62.1 Å². The Kier molecular flexibility index (Phi) is 9.66. The van der Waals surface area contributed by atoms with Crippen molar-refractivity contribution in [2.75, 3.05) is 18.8 Å². The summed E-state index contributed by atoms with van der Waals surface area (Å²) in [6, 6.07) is 2.20. The molecule has 0 radical (unpaired) electrons. The number of nitriles is 1. The molecule has 7 atom stereocenters. The van der Waals surface area contributed by atoms with E-state index < -0.39 is 0 Å². The van der Waals surface area contributed by atoms with E-state index in [1.54, 1.807) is 18.7 Å². The number of fused-ring (bicyclic) bond motifs is 1. The lowest BCUT2D eigenvalue weighted by Crippen LogP contribution is -2.57. The number of ketones is 2. The van der Waals surface area contributed by atoms with Gasteiger partial charge >= 0.3 is 0 Å². The average Bonchev–Trinajstić information content (AvgIpc) is 2.84. The van der Waals surface area contributed by atoms with Gasteiger partial charge in [-0.05, 0) is 103 Å². The van der Waals surface area contributed by atoms with Crippen LogP contribution < -0.4 is 0 Å². The summed E-state index contributed by atoms with van der Waals surface area (Å²) < 4.78 is 6.25. The first-order valence-electron chi connectivity index (χ1n) is 15.2. The normalized spacial score (nSPS) is 38.5. The van der Waals surface area contributed by atoms with Gasteiger partial charge in [0, 0.05) is 12.3 Å². The van der Waals surface area contributed by atoms with Gasteiger partial charge in [0.15, 0.2) is 5.78 Å². The molecule has 5 heteroatoms. The SMILES string of the molecule is CSCOC[C@]1(CCC(C)(C)[C@]2(C)CC[C@H]3[C@H](C)C(=O)C(C#N)=C[C@]3(C)[C@H]2CC(C)=O)CCC(C)(C)CC1C. The van der Waals surface area contributed by atoms with E-state index in [2.05, 4.69) is 60.8 Å². The van der Waals surface area contributed by atoms with Crippen molar-refractivity contribution >= 4 is 23.3 Å². The summed E-state index contributed by atoms with van der Waals surface area (Å²) >= 11 is 1.75. The van der Waals surface area contributed by atoms with Crippen LogP contribution in [0.3, 0.4) is 0 Å². The highest BCUT2D eigenvalue weighted by molar-refractivity contribution is 7.98. The zero-order valence-corrected chi connectivity index (χ0v) is 27.4. The van der Waals surface area contributed by atoms with Crippen molar-refractivity contribution in [2.45, 2.75) is 114 Å². The number of allylic oxidation sites excluding steroid dienone is 2. The van der Waals surface area contributed by atoms with Crippen LogP contribution in [0.1, 0.15) is 114 Å². The lowest BCUT2D eigenvalue weighted by molar-refractivity contribution is -0.146. The molecule has 1 unspecified atom stereocenters. The first-order valence-corrected chi connectivity index (χ1v) is 16.6. The number of carbonyl (C=O) groups excluding carboxylic acids is 2. The first-order chi connectivity index (χ1) is 18.0. The molecular weight excluding hydrogens is 502 g/mol. The molecule has 0 aromatic rings. The fraction of sp³-hybridized carbons (Fsp3) is 0.853. The molecule has 4 nitrogen and oxygen atoms in total. The summed E-state index contributed by atoms with van der Waals surface area (Å²) in [5.74, 6) is 1.59. The predicted molar refractivity (Wildman–Crippen MR) is 162 cm³/mol. The molecule has 0 aliphatic heterocycles. The molecule has 3 aliphatic rings. The smallest absolute Gasteiger partial charge is 0.176 e. The highest BCUT2D eigenvalue weighted by atomic mass is 32.2. The van der Waals surface area contributed by atoms with E-state index in [9.17, 15) is 14.9 Å². The highest BCUT2D eigenvalue weighted by Crippen LogP contribution is 2.66. The number of Topliss-reactive ketones (excluding diaryl/α,β-unsaturated/α-hetero) is 2. The van der Waals surface area contributed by atoms with E-state index in [0.29, 0.717) is 23.3 Å². The third kappa shape index (κ3) is 6.08. The van der Waals surface area contributed by atoms with Crippen LogP contribution in [0.25, 0.3) is 0 Å². The molecule has 3 aliphatic carbocycles. The Balaban J connectivity index is 1.97. The molecular formula is C34H55NO3S. The van der Waals surface area contributed by atoms with E-state index in [-0.39, 0.29) is 51.0 Å². The number of hydrogen-bond acceptors (Lipinski definition) is 5. The summed E-state index contributed by atoms with van der Waals surface area (Å²) in [4.78, 5) is 25.7. The Labute approximate surface area is 243 Å². The van der Waals surface area contributed by atoms with Crippen LogP contribution in [-0.4, -0.2) is 30.4 Å². The Morgan fingerprint density at radius 3 is 2.41 bits per heavy atom. The second kappa shape index (κ2) is 11.6. The van der Waals surface area contributed by atoms with Crippen LogP contribution in [0.2, 0.25) is 0 Å². The Morgan fingerprint density at radius 2 is 1.85 bits per heavy atom. The van der Waals surface area contributed by atoms with E-state index in [1.165, 1.54) is 19.3 Å². The lowest BCUT2D eigenvalue weighted by Gasteiger charge is -2.63. The highest BCUT2D eigenvalue weighted by Gasteiger charge is 2.61. The second-order valence-electron chi connectivity index (χ2n) is 15.5. The molecule has 0 aromatic heterocycles. The van der Waals surface area contributed by atoms with E-state index in [4.69, 9.17) is 4.74 Å². The molecule has 0 bridgehead atoms. The van der Waals surface area contributed by atoms with Gasteiger partial charge in [0.05, 0.1) is 18.1 Å². The lowest BCUT2D eigenvalue weighted by atomic mass is 9.41. The van der Waals surface area contributed by atoms with Gasteiger partial charge in [-0.2, -0.15) is 5.26 Å². The fourth-order valence-electron chi connectivity index (χ4n) is 9.14. The van der Waals surface area contributed by atoms with Crippen LogP contribution >= 0.6 is 11.8 Å². The van der Waals surface area contributed by atoms with E-state index in [1.807, 2.05) is 13.0 Å². The Morgan fingerprint density at radius 1 is 1.18 bits per heavy atom. The third-order valence-corrected chi connectivity index (χ3v) is 12.6. The largest absolute Gasteiger partial charge is 0.370 e. The maximum absolute atomic E-state index is 13.0. The molecule has 0 heterocycles. The number of ether oxygens (including phenoxy) is 1. The number of thioether (sulfide) groups is 1. The Hall–Kier alpha value is -1.12. The van der Waals surface area contributed by atoms with Gasteiger partial charge in [0.2, 0.25) is 0 Å². The standard InChI is InChI=1S/C34H55NO3S/c1-23-18-30(4,5)13-15-34(23,21-38-22-39-10)16-14-31(6,7)33(9)12-11-27-25(3)29(37)26(20-35)19-32(27,8)28(33)17-24(2)36/h19,23,25,27-28H,11-18,21-22H2,1-10H3/t23?,25-,27-,28+,32-,33+,34+/m0/s1. The minimum atomic E-state index is -0.352. The molecule has 0 N–H and O–H groups in total. The van der Waals surface area contributed by atoms with Crippen LogP contribution in [-0.2, 0) is 14.3 Å². The fourth-order valence-corrected chi connectivity index (χ4v) is 9.39. The molecule has 3 rings (SSSR count). The van der Waals surface area contributed by atoms with Gasteiger partial charge in [-0.3, -0.25) is 4.79 Å². The maximum Gasteiger partial charge on any atom is 0.176 e. The van der Waals surface area contributed by atoms with Crippen molar-refractivity contribution in [3.8, 4) is 6.07 Å². The topological polar surface area (TPSA) is 67.2 Å². The summed E-state index contributed by atoms with van der Waals surface area (Å²) in [6.45, 7) is 21.3. The molecule has 220 valence electrons. The minimum absolute atomic E-state index is 0.0222. The number of rotatable bonds is 10. The predicted octanol–water partition coefficient (Wildman–Crippen LogP) is 8.65. The van der Waals surface area contributed by atoms with Gasteiger partial charge in [-0.25, -0.2) is 0 Å². The summed E-state index contributed by atoms with van der Waals surface area (Å²) in [5, 5.41) is 9.83. The molecule has 0 aromatic carbocycles. The molecule has 2 fully saturated rings. The molecule has 0 spiro atoms. The number of nitrogens with zero attached hydrogens (tertiary/aromatic N) is 1. The molecule has 0 amide bonds. The van der Waals surface area contributed by atoms with Crippen LogP contribution in [0.4, 0.5) is 0 Å². The van der Waals surface area contributed by atoms with Gasteiger partial charge in [0.1, 0.15) is 11.9 Å². The zero-order valence-electron chi connectivity index (χ0n) is 26.5. The summed E-state index contributed by atoms with van der Waals surface area (Å²) in [5.41, 5.74) is 0.375. The third-order valence-electron chi connectivity index (χ3n) is 12.2. The quantitative estimate of drug-likeness (QED) is 0.199. The van der Waals surface area contributed by atoms with Gasteiger partial charge < -0.3 is 9.53 Å². The van der Waals surface area contributed by atoms with E-state index in [0.717, 1.165) is 38.2 Å². The number of carbonyl (C=O) groups is 2. The average molecular weight is 558 g/mol. The van der Waals surface area contributed by atoms with Crippen LogP contribution in [0.15, 0.2) is 11.6 Å². The minimum Gasteiger partial charge on any atom is -0.370 e. The number of hydrogen-bond donors (Lipinski definition) is 0. The van der Waals surface area contributed by atoms with Crippen LogP contribution in [0.5, 0.6) is 0 Å². The zero-order chi connectivity index (χ0) is 29.4. The van der Waals surface area contributed by atoms with Crippen molar-refractivity contribution < 1.29 is 14.3 Å². The van der Waals surface area contributed by atoms with Gasteiger partial charge in [-0.1, -0.05) is 61.5 Å². The molecule has 39 heavy (non-hydrogen) atoms. The second-order valence-corrected chi connectivity index (χ2v) is 16.3. The van der Waals surface area contributed by atoms with Crippen molar-refractivity contribution in [1.82, 2.24) is 0 Å². The molecule has 2 saturated carbocycles. The summed E-state index contributed by atoms with van der Waals surface area (Å²) in [7, 11) is 0. The Bertz CT molecular complexity index is 1010. The molecule has 0 saturated heterocycles. The van der Waals surface area contributed by atoms with Gasteiger partial charge in [0.25, 0.3) is 0 Å². The summed E-state index contributed by atoms with van der Waals surface area (Å²) in [6.07, 6.45) is 12.4. The van der Waals surface area contributed by atoms with Crippen molar-refractivity contribution in [2.24, 2.45) is 50.7 Å². The maximum atomic E-state index is 13.0. The monoisotopic (exact) mass is 557 g/mol. The van der Waals surface area contributed by atoms with Crippen molar-refractivity contribution in [3.63, 3.8) is 0 Å².